The molecule has 104 valence electrons. The van der Waals surface area contributed by atoms with Gasteiger partial charge in [0.2, 0.25) is 0 Å². The minimum absolute atomic E-state index is 0.137. The van der Waals surface area contributed by atoms with Crippen molar-refractivity contribution in [1.29, 1.82) is 0 Å². The average molecular weight is 306 g/mol. The van der Waals surface area contributed by atoms with E-state index in [2.05, 4.69) is 9.98 Å². The van der Waals surface area contributed by atoms with Gasteiger partial charge in [0, 0.05) is 5.75 Å². The smallest absolute Gasteiger partial charge is 0.149 e. The molecule has 0 aliphatic carbocycles. The number of hydrogen-bond acceptors (Lipinski definition) is 6. The van der Waals surface area contributed by atoms with E-state index in [0.717, 1.165) is 31.8 Å². The van der Waals surface area contributed by atoms with Crippen molar-refractivity contribution in [2.24, 2.45) is 4.99 Å². The van der Waals surface area contributed by atoms with Crippen molar-refractivity contribution < 1.29 is 9.84 Å². The molecule has 0 spiro atoms. The van der Waals surface area contributed by atoms with Crippen molar-refractivity contribution in [3.8, 4) is 5.75 Å². The van der Waals surface area contributed by atoms with Crippen molar-refractivity contribution in [1.82, 2.24) is 4.98 Å². The summed E-state index contributed by atoms with van der Waals surface area (Å²) in [6.07, 6.45) is 1.70. The number of benzene rings is 1. The number of aliphatic imine (C=N–C) groups is 1. The highest BCUT2D eigenvalue weighted by atomic mass is 32.2. The molecule has 1 atom stereocenters. The second-order valence-electron chi connectivity index (χ2n) is 4.33. The molecule has 0 amide bonds. The molecule has 20 heavy (non-hydrogen) atoms. The lowest BCUT2D eigenvalue weighted by molar-refractivity contribution is 0.377. The molecule has 0 bridgehead atoms. The number of ether oxygens (including phenoxy) is 1. The van der Waals surface area contributed by atoms with Gasteiger partial charge < -0.3 is 9.84 Å². The van der Waals surface area contributed by atoms with Crippen molar-refractivity contribution >= 4 is 38.4 Å². The van der Waals surface area contributed by atoms with E-state index in [1.165, 1.54) is 0 Å². The summed E-state index contributed by atoms with van der Waals surface area (Å²) < 4.78 is 6.31. The van der Waals surface area contributed by atoms with Gasteiger partial charge in [-0.25, -0.2) is 4.98 Å². The van der Waals surface area contributed by atoms with Crippen molar-refractivity contribution in [3.05, 3.63) is 35.0 Å². The normalized spacial score (nSPS) is 19.4. The third-order valence-corrected chi connectivity index (χ3v) is 5.28. The predicted octanol–water partition coefficient (Wildman–Crippen LogP) is 3.63. The second-order valence-corrected chi connectivity index (χ2v) is 6.37. The molecule has 1 aliphatic heterocycles. The number of rotatable bonds is 3. The van der Waals surface area contributed by atoms with Crippen LogP contribution in [0.15, 0.2) is 35.0 Å². The fourth-order valence-electron chi connectivity index (χ4n) is 1.96. The van der Waals surface area contributed by atoms with Gasteiger partial charge in [-0.05, 0) is 31.2 Å². The Morgan fingerprint density at radius 3 is 3.10 bits per heavy atom. The van der Waals surface area contributed by atoms with Crippen LogP contribution in [0.2, 0.25) is 0 Å². The number of nitrogens with zero attached hydrogens (tertiary/aromatic N) is 2. The summed E-state index contributed by atoms with van der Waals surface area (Å²) in [5.41, 5.74) is 0.952. The lowest BCUT2D eigenvalue weighted by Gasteiger charge is -2.01. The second kappa shape index (κ2) is 5.46. The molecule has 1 aromatic heterocycles. The first-order chi connectivity index (χ1) is 9.71. The molecular weight excluding hydrogens is 292 g/mol. The molecule has 6 heteroatoms. The molecule has 0 saturated carbocycles. The molecule has 2 aromatic rings. The van der Waals surface area contributed by atoms with Gasteiger partial charge in [0.1, 0.15) is 27.6 Å². The minimum atomic E-state index is -0.137. The maximum absolute atomic E-state index is 9.74. The molecule has 0 radical (unpaired) electrons. The van der Waals surface area contributed by atoms with Gasteiger partial charge in [-0.1, -0.05) is 0 Å². The van der Waals surface area contributed by atoms with Gasteiger partial charge >= 0.3 is 0 Å². The Hall–Kier alpha value is -1.53. The zero-order chi connectivity index (χ0) is 14.1. The zero-order valence-corrected chi connectivity index (χ0v) is 12.8. The summed E-state index contributed by atoms with van der Waals surface area (Å²) in [7, 11) is 1.66. The lowest BCUT2D eigenvalue weighted by Crippen LogP contribution is -2.06. The molecule has 2 heterocycles. The fourth-order valence-corrected chi connectivity index (χ4v) is 4.08. The van der Waals surface area contributed by atoms with Gasteiger partial charge in [-0.2, -0.15) is 0 Å². The Bertz CT molecular complexity index is 706. The number of aliphatic hydroxyl groups is 1. The monoisotopic (exact) mass is 306 g/mol. The zero-order valence-electron chi connectivity index (χ0n) is 11.2. The summed E-state index contributed by atoms with van der Waals surface area (Å²) in [5, 5.41) is 11.6. The lowest BCUT2D eigenvalue weighted by atomic mass is 10.3. The van der Waals surface area contributed by atoms with Crippen LogP contribution >= 0.6 is 23.1 Å². The highest BCUT2D eigenvalue weighted by Gasteiger charge is 2.24. The number of fused-ring (bicyclic) bond motifs is 1. The highest BCUT2D eigenvalue weighted by Crippen LogP contribution is 2.32. The molecule has 0 saturated heterocycles. The minimum Gasteiger partial charge on any atom is -0.510 e. The summed E-state index contributed by atoms with van der Waals surface area (Å²) >= 11 is 3.24. The Morgan fingerprint density at radius 2 is 2.35 bits per heavy atom. The average Bonchev–Trinajstić information content (AvgIpc) is 3.11. The third kappa shape index (κ3) is 2.41. The van der Waals surface area contributed by atoms with Crippen LogP contribution in [0.4, 0.5) is 0 Å². The van der Waals surface area contributed by atoms with Crippen LogP contribution in [0.25, 0.3) is 10.2 Å². The van der Waals surface area contributed by atoms with E-state index in [4.69, 9.17) is 4.74 Å². The maximum atomic E-state index is 9.74. The van der Waals surface area contributed by atoms with Gasteiger partial charge in [-0.3, -0.25) is 4.99 Å². The quantitative estimate of drug-likeness (QED) is 0.880. The number of thiazole rings is 1. The maximum Gasteiger partial charge on any atom is 0.149 e. The van der Waals surface area contributed by atoms with Crippen LogP contribution < -0.4 is 4.74 Å². The van der Waals surface area contributed by atoms with Crippen LogP contribution in [0.5, 0.6) is 5.75 Å². The van der Waals surface area contributed by atoms with Crippen LogP contribution in [-0.4, -0.2) is 34.0 Å². The number of methoxy groups -OCH3 is 1. The van der Waals surface area contributed by atoms with E-state index >= 15 is 0 Å². The molecule has 0 fully saturated rings. The number of thioether (sulfide) groups is 1. The van der Waals surface area contributed by atoms with E-state index in [9.17, 15) is 5.11 Å². The van der Waals surface area contributed by atoms with Gasteiger partial charge in [-0.15, -0.1) is 23.1 Å². The molecule has 4 nitrogen and oxygen atoms in total. The fraction of sp³-hybridized carbons (Fsp3) is 0.286. The molecule has 3 rings (SSSR count). The third-order valence-electron chi connectivity index (χ3n) is 3.07. The Morgan fingerprint density at radius 1 is 1.50 bits per heavy atom. The first-order valence-electron chi connectivity index (χ1n) is 6.22. The Balaban J connectivity index is 1.95. The number of hydrogen-bond donors (Lipinski definition) is 1. The Kier molecular flexibility index (Phi) is 3.67. The molecule has 1 N–H and O–H groups in total. The molecule has 1 aliphatic rings. The summed E-state index contributed by atoms with van der Waals surface area (Å²) in [6, 6.07) is 5.71. The largest absolute Gasteiger partial charge is 0.510 e. The van der Waals surface area contributed by atoms with Crippen LogP contribution in [-0.2, 0) is 0 Å². The van der Waals surface area contributed by atoms with Gasteiger partial charge in [0.05, 0.1) is 17.3 Å². The number of aliphatic hydroxyl groups excluding tert-OH is 1. The molecule has 1 aromatic carbocycles. The summed E-state index contributed by atoms with van der Waals surface area (Å²) in [5.74, 6) is 1.93. The topological polar surface area (TPSA) is 54.7 Å². The van der Waals surface area contributed by atoms with Gasteiger partial charge in [0.25, 0.3) is 0 Å². The first kappa shape index (κ1) is 13.5. The van der Waals surface area contributed by atoms with E-state index in [1.807, 2.05) is 25.1 Å². The first-order valence-corrected chi connectivity index (χ1v) is 8.02. The van der Waals surface area contributed by atoms with Gasteiger partial charge in [0.15, 0.2) is 0 Å². The highest BCUT2D eigenvalue weighted by molar-refractivity contribution is 8.15. The van der Waals surface area contributed by atoms with E-state index in [-0.39, 0.29) is 6.04 Å². The van der Waals surface area contributed by atoms with E-state index in [0.29, 0.717) is 5.76 Å². The summed E-state index contributed by atoms with van der Waals surface area (Å²) in [4.78, 5) is 9.14. The van der Waals surface area contributed by atoms with E-state index in [1.54, 1.807) is 36.3 Å². The van der Waals surface area contributed by atoms with Crippen molar-refractivity contribution in [3.63, 3.8) is 0 Å². The van der Waals surface area contributed by atoms with Crippen LogP contribution in [0.1, 0.15) is 11.9 Å². The van der Waals surface area contributed by atoms with Crippen molar-refractivity contribution in [2.45, 2.75) is 13.0 Å². The SMILES string of the molecule is CC=C(O)[C@H]1CSC(c2nc3ccc(OC)cc3s2)=N1. The van der Waals surface area contributed by atoms with Crippen molar-refractivity contribution in [2.75, 3.05) is 12.9 Å². The van der Waals surface area contributed by atoms with Crippen LogP contribution in [0, 0.1) is 0 Å². The molecular formula is C14H14N2O2S2. The summed E-state index contributed by atoms with van der Waals surface area (Å²) in [6.45, 7) is 1.82. The predicted molar refractivity (Wildman–Crippen MR) is 85.3 cm³/mol. The van der Waals surface area contributed by atoms with Crippen LogP contribution in [0.3, 0.4) is 0 Å². The Labute approximate surface area is 125 Å². The number of aromatic nitrogens is 1. The number of allylic oxidation sites excluding steroid dienone is 1. The standard InChI is InChI=1S/C14H14N2O2S2/c1-3-11(17)10-7-19-13(16-10)14-15-9-5-4-8(18-2)6-12(9)20-14/h3-6,10,17H,7H2,1-2H3/t10-/m1/s1. The molecule has 0 unspecified atom stereocenters. The van der Waals surface area contributed by atoms with E-state index < -0.39 is 0 Å².